The minimum atomic E-state index is -0.00276. The Hall–Kier alpha value is -4.07. The Balaban J connectivity index is 1.31. The Morgan fingerprint density at radius 3 is 2.71 bits per heavy atom. The monoisotopic (exact) mass is 468 g/mol. The van der Waals surface area contributed by atoms with Crippen molar-refractivity contribution in [2.24, 2.45) is 7.05 Å². The molecule has 4 aromatic rings. The van der Waals surface area contributed by atoms with Crippen molar-refractivity contribution < 1.29 is 9.53 Å². The normalized spacial score (nSPS) is 15.7. The van der Waals surface area contributed by atoms with Crippen molar-refractivity contribution in [3.05, 3.63) is 90.0 Å². The first-order valence-corrected chi connectivity index (χ1v) is 11.8. The van der Waals surface area contributed by atoms with Crippen LogP contribution in [0.5, 0.6) is 5.75 Å². The zero-order valence-electron chi connectivity index (χ0n) is 20.0. The number of piperidine rings is 1. The van der Waals surface area contributed by atoms with E-state index in [2.05, 4.69) is 19.9 Å². The SMILES string of the molecule is COc1ccccc1Cc1ccc(C(=O)N2CCCC(c3nccnc3-c3cncn3C)C2)cn1. The number of carbonyl (C=O) groups is 1. The van der Waals surface area contributed by atoms with Crippen molar-refractivity contribution in [1.82, 2.24) is 29.4 Å². The summed E-state index contributed by atoms with van der Waals surface area (Å²) in [5.74, 6) is 0.949. The van der Waals surface area contributed by atoms with Gasteiger partial charge >= 0.3 is 0 Å². The number of nitrogens with zero attached hydrogens (tertiary/aromatic N) is 6. The van der Waals surface area contributed by atoms with Crippen molar-refractivity contribution in [1.29, 1.82) is 0 Å². The fraction of sp³-hybridized carbons (Fsp3) is 0.296. The number of methoxy groups -OCH3 is 1. The number of ether oxygens (including phenoxy) is 1. The predicted molar refractivity (Wildman–Crippen MR) is 132 cm³/mol. The molecule has 1 aliphatic rings. The first kappa shape index (κ1) is 22.7. The van der Waals surface area contributed by atoms with Gasteiger partial charge in [-0.25, -0.2) is 4.98 Å². The summed E-state index contributed by atoms with van der Waals surface area (Å²) in [6.07, 6.45) is 11.2. The van der Waals surface area contributed by atoms with Crippen LogP contribution in [-0.2, 0) is 13.5 Å². The molecule has 8 heteroatoms. The number of imidazole rings is 1. The Bertz CT molecular complexity index is 1320. The van der Waals surface area contributed by atoms with Gasteiger partial charge in [0.05, 0.1) is 36.6 Å². The smallest absolute Gasteiger partial charge is 0.255 e. The Labute approximate surface area is 204 Å². The van der Waals surface area contributed by atoms with Crippen LogP contribution in [0.2, 0.25) is 0 Å². The molecule has 0 radical (unpaired) electrons. The molecule has 3 aromatic heterocycles. The highest BCUT2D eigenvalue weighted by Gasteiger charge is 2.29. The summed E-state index contributed by atoms with van der Waals surface area (Å²) in [5.41, 5.74) is 5.22. The molecule has 0 N–H and O–H groups in total. The predicted octanol–water partition coefficient (Wildman–Crippen LogP) is 3.89. The van der Waals surface area contributed by atoms with Crippen LogP contribution in [0.3, 0.4) is 0 Å². The molecular formula is C27H28N6O2. The van der Waals surface area contributed by atoms with E-state index in [9.17, 15) is 4.79 Å². The number of likely N-dealkylation sites (tertiary alicyclic amines) is 1. The first-order valence-electron chi connectivity index (χ1n) is 11.8. The van der Waals surface area contributed by atoms with Crippen LogP contribution in [0.15, 0.2) is 67.5 Å². The zero-order valence-corrected chi connectivity index (χ0v) is 20.0. The van der Waals surface area contributed by atoms with Gasteiger partial charge in [-0.15, -0.1) is 0 Å². The fourth-order valence-corrected chi connectivity index (χ4v) is 4.70. The molecule has 35 heavy (non-hydrogen) atoms. The van der Waals surface area contributed by atoms with Gasteiger partial charge in [0.2, 0.25) is 0 Å². The molecule has 0 bridgehead atoms. The molecule has 1 aromatic carbocycles. The first-order chi connectivity index (χ1) is 17.1. The number of para-hydroxylation sites is 1. The van der Waals surface area contributed by atoms with Crippen LogP contribution in [0, 0.1) is 0 Å². The number of benzene rings is 1. The van der Waals surface area contributed by atoms with Gasteiger partial charge in [0.1, 0.15) is 11.4 Å². The number of pyridine rings is 1. The van der Waals surface area contributed by atoms with E-state index < -0.39 is 0 Å². The molecule has 0 spiro atoms. The second-order valence-corrected chi connectivity index (χ2v) is 8.80. The van der Waals surface area contributed by atoms with Crippen LogP contribution in [-0.4, -0.2) is 55.5 Å². The molecule has 1 fully saturated rings. The van der Waals surface area contributed by atoms with E-state index in [1.165, 1.54) is 0 Å². The van der Waals surface area contributed by atoms with Gasteiger partial charge in [-0.05, 0) is 31.0 Å². The summed E-state index contributed by atoms with van der Waals surface area (Å²) >= 11 is 0. The third-order valence-corrected chi connectivity index (χ3v) is 6.52. The van der Waals surface area contributed by atoms with Crippen molar-refractivity contribution >= 4 is 5.91 Å². The summed E-state index contributed by atoms with van der Waals surface area (Å²) in [7, 11) is 3.61. The number of aryl methyl sites for hydroxylation is 1. The number of aromatic nitrogens is 5. The maximum absolute atomic E-state index is 13.3. The van der Waals surface area contributed by atoms with Gasteiger partial charge in [0, 0.05) is 62.3 Å². The summed E-state index contributed by atoms with van der Waals surface area (Å²) in [6.45, 7) is 1.32. The third kappa shape index (κ3) is 4.77. The third-order valence-electron chi connectivity index (χ3n) is 6.52. The zero-order chi connectivity index (χ0) is 24.2. The molecular weight excluding hydrogens is 440 g/mol. The lowest BCUT2D eigenvalue weighted by Gasteiger charge is -2.33. The van der Waals surface area contributed by atoms with Crippen molar-refractivity contribution in [3.63, 3.8) is 0 Å². The molecule has 1 amide bonds. The number of carbonyl (C=O) groups excluding carboxylic acids is 1. The largest absolute Gasteiger partial charge is 0.496 e. The Kier molecular flexibility index (Phi) is 6.52. The van der Waals surface area contributed by atoms with E-state index in [1.54, 1.807) is 38.2 Å². The van der Waals surface area contributed by atoms with Crippen LogP contribution < -0.4 is 4.74 Å². The molecule has 8 nitrogen and oxygen atoms in total. The maximum atomic E-state index is 13.3. The standard InChI is InChI=1S/C27H28N6O2/c1-32-18-28-16-23(32)26-25(29-11-12-30-26)21-7-5-13-33(17-21)27(34)20-9-10-22(31-15-20)14-19-6-3-4-8-24(19)35-2/h3-4,6,8-12,15-16,18,21H,5,7,13-14,17H2,1-2H3. The van der Waals surface area contributed by atoms with Gasteiger partial charge in [0.15, 0.2) is 0 Å². The molecule has 1 atom stereocenters. The topological polar surface area (TPSA) is 86.0 Å². The number of rotatable bonds is 6. The summed E-state index contributed by atoms with van der Waals surface area (Å²) in [4.78, 5) is 33.3. The second-order valence-electron chi connectivity index (χ2n) is 8.80. The van der Waals surface area contributed by atoms with Crippen LogP contribution >= 0.6 is 0 Å². The Morgan fingerprint density at radius 2 is 1.94 bits per heavy atom. The van der Waals surface area contributed by atoms with Crippen molar-refractivity contribution in [3.8, 4) is 17.1 Å². The minimum absolute atomic E-state index is 0.00276. The highest BCUT2D eigenvalue weighted by molar-refractivity contribution is 5.94. The van der Waals surface area contributed by atoms with E-state index in [0.717, 1.165) is 53.5 Å². The van der Waals surface area contributed by atoms with Crippen molar-refractivity contribution in [2.45, 2.75) is 25.2 Å². The molecule has 1 unspecified atom stereocenters. The molecule has 0 saturated carbocycles. The summed E-state index contributed by atoms with van der Waals surface area (Å²) in [5, 5.41) is 0. The highest BCUT2D eigenvalue weighted by atomic mass is 16.5. The van der Waals surface area contributed by atoms with Gasteiger partial charge in [-0.3, -0.25) is 19.7 Å². The molecule has 178 valence electrons. The highest BCUT2D eigenvalue weighted by Crippen LogP contribution is 2.32. The van der Waals surface area contributed by atoms with Crippen LogP contribution in [0.1, 0.15) is 46.1 Å². The lowest BCUT2D eigenvalue weighted by atomic mass is 9.92. The Morgan fingerprint density at radius 1 is 1.09 bits per heavy atom. The average Bonchev–Trinajstić information content (AvgIpc) is 3.34. The van der Waals surface area contributed by atoms with E-state index in [-0.39, 0.29) is 11.8 Å². The van der Waals surface area contributed by atoms with Crippen molar-refractivity contribution in [2.75, 3.05) is 20.2 Å². The maximum Gasteiger partial charge on any atom is 0.255 e. The summed E-state index contributed by atoms with van der Waals surface area (Å²) in [6, 6.07) is 11.7. The molecule has 1 saturated heterocycles. The quantitative estimate of drug-likeness (QED) is 0.427. The summed E-state index contributed by atoms with van der Waals surface area (Å²) < 4.78 is 7.38. The van der Waals surface area contributed by atoms with Crippen LogP contribution in [0.4, 0.5) is 0 Å². The van der Waals surface area contributed by atoms with E-state index >= 15 is 0 Å². The van der Waals surface area contributed by atoms with E-state index in [4.69, 9.17) is 4.74 Å². The van der Waals surface area contributed by atoms with Crippen LogP contribution in [0.25, 0.3) is 11.4 Å². The molecule has 1 aliphatic heterocycles. The van der Waals surface area contributed by atoms with Gasteiger partial charge < -0.3 is 14.2 Å². The average molecular weight is 469 g/mol. The van der Waals surface area contributed by atoms with Gasteiger partial charge in [-0.1, -0.05) is 18.2 Å². The molecule has 4 heterocycles. The lowest BCUT2D eigenvalue weighted by molar-refractivity contribution is 0.0705. The number of hydrogen-bond donors (Lipinski definition) is 0. The number of hydrogen-bond acceptors (Lipinski definition) is 6. The number of amides is 1. The van der Waals surface area contributed by atoms with E-state index in [1.807, 2.05) is 52.9 Å². The van der Waals surface area contributed by atoms with E-state index in [0.29, 0.717) is 18.5 Å². The van der Waals surface area contributed by atoms with Gasteiger partial charge in [-0.2, -0.15) is 0 Å². The second kappa shape index (κ2) is 10.0. The fourth-order valence-electron chi connectivity index (χ4n) is 4.70. The lowest BCUT2D eigenvalue weighted by Crippen LogP contribution is -2.39. The van der Waals surface area contributed by atoms with Gasteiger partial charge in [0.25, 0.3) is 5.91 Å². The molecule has 0 aliphatic carbocycles. The minimum Gasteiger partial charge on any atom is -0.496 e. The molecule has 5 rings (SSSR count).